The van der Waals surface area contributed by atoms with Gasteiger partial charge in [-0.1, -0.05) is 17.7 Å². The summed E-state index contributed by atoms with van der Waals surface area (Å²) in [6, 6.07) is 6.60. The third kappa shape index (κ3) is 3.03. The Morgan fingerprint density at radius 3 is 2.80 bits per heavy atom. The second-order valence-corrected chi connectivity index (χ2v) is 4.37. The van der Waals surface area contributed by atoms with Crippen molar-refractivity contribution < 1.29 is 14.6 Å². The minimum atomic E-state index is -1.23. The standard InChI is InChI=1S/C14H14N2O4/c1-8-3-4-11(20-2)9(5-8)6-12-15-10(14(18)19)7-13(17)16-12/h3-5,7H,6H2,1-2H3,(H,18,19)(H,15,16,17). The number of rotatable bonds is 4. The van der Waals surface area contributed by atoms with Crippen molar-refractivity contribution in [2.75, 3.05) is 7.11 Å². The van der Waals surface area contributed by atoms with E-state index in [9.17, 15) is 9.59 Å². The largest absolute Gasteiger partial charge is 0.496 e. The maximum absolute atomic E-state index is 11.4. The molecule has 0 unspecified atom stereocenters. The lowest BCUT2D eigenvalue weighted by molar-refractivity contribution is 0.0689. The monoisotopic (exact) mass is 274 g/mol. The number of carboxylic acids is 1. The first-order chi connectivity index (χ1) is 9.49. The molecule has 1 aromatic heterocycles. The SMILES string of the molecule is COc1ccc(C)cc1Cc1nc(C(=O)O)cc(=O)[nH]1. The summed E-state index contributed by atoms with van der Waals surface area (Å²) in [6.07, 6.45) is 0.293. The number of nitrogens with one attached hydrogen (secondary N) is 1. The molecule has 0 spiro atoms. The van der Waals surface area contributed by atoms with Crippen LogP contribution in [0.5, 0.6) is 5.75 Å². The molecule has 2 rings (SSSR count). The molecule has 0 aliphatic heterocycles. The average Bonchev–Trinajstić information content (AvgIpc) is 2.38. The molecule has 0 saturated carbocycles. The van der Waals surface area contributed by atoms with Crippen molar-refractivity contribution in [2.24, 2.45) is 0 Å². The number of aromatic nitrogens is 2. The molecule has 0 atom stereocenters. The molecule has 0 amide bonds. The molecule has 0 fully saturated rings. The zero-order valence-corrected chi connectivity index (χ0v) is 11.1. The van der Waals surface area contributed by atoms with Crippen LogP contribution < -0.4 is 10.3 Å². The van der Waals surface area contributed by atoms with Crippen LogP contribution in [-0.2, 0) is 6.42 Å². The van der Waals surface area contributed by atoms with Gasteiger partial charge < -0.3 is 14.8 Å². The van der Waals surface area contributed by atoms with E-state index in [1.54, 1.807) is 7.11 Å². The van der Waals surface area contributed by atoms with Crippen LogP contribution in [0, 0.1) is 6.92 Å². The summed E-state index contributed by atoms with van der Waals surface area (Å²) in [5.74, 6) is -0.272. The van der Waals surface area contributed by atoms with Gasteiger partial charge in [0.05, 0.1) is 7.11 Å². The van der Waals surface area contributed by atoms with E-state index in [2.05, 4.69) is 9.97 Å². The van der Waals surface area contributed by atoms with Crippen LogP contribution >= 0.6 is 0 Å². The Morgan fingerprint density at radius 1 is 1.40 bits per heavy atom. The van der Waals surface area contributed by atoms with Crippen LogP contribution in [0.15, 0.2) is 29.1 Å². The zero-order chi connectivity index (χ0) is 14.7. The number of aromatic amines is 1. The van der Waals surface area contributed by atoms with Crippen LogP contribution in [0.4, 0.5) is 0 Å². The molecular formula is C14H14N2O4. The molecule has 1 aromatic carbocycles. The number of benzene rings is 1. The number of aromatic carboxylic acids is 1. The van der Waals surface area contributed by atoms with Gasteiger partial charge in [-0.3, -0.25) is 4.79 Å². The van der Waals surface area contributed by atoms with Gasteiger partial charge in [0.25, 0.3) is 5.56 Å². The van der Waals surface area contributed by atoms with E-state index in [0.29, 0.717) is 18.0 Å². The molecule has 0 bridgehead atoms. The Morgan fingerprint density at radius 2 is 2.15 bits per heavy atom. The van der Waals surface area contributed by atoms with Gasteiger partial charge in [-0.2, -0.15) is 0 Å². The molecular weight excluding hydrogens is 260 g/mol. The predicted molar refractivity (Wildman–Crippen MR) is 72.4 cm³/mol. The lowest BCUT2D eigenvalue weighted by atomic mass is 10.1. The smallest absolute Gasteiger partial charge is 0.354 e. The van der Waals surface area contributed by atoms with E-state index in [-0.39, 0.29) is 5.69 Å². The fourth-order valence-corrected chi connectivity index (χ4v) is 1.93. The van der Waals surface area contributed by atoms with Crippen molar-refractivity contribution >= 4 is 5.97 Å². The minimum Gasteiger partial charge on any atom is -0.496 e. The average molecular weight is 274 g/mol. The van der Waals surface area contributed by atoms with E-state index < -0.39 is 11.5 Å². The summed E-state index contributed by atoms with van der Waals surface area (Å²) < 4.78 is 5.24. The third-order valence-corrected chi connectivity index (χ3v) is 2.80. The fraction of sp³-hybridized carbons (Fsp3) is 0.214. The number of carbonyl (C=O) groups is 1. The van der Waals surface area contributed by atoms with Gasteiger partial charge in [0, 0.05) is 18.1 Å². The number of carboxylic acid groups (broad SMARTS) is 1. The van der Waals surface area contributed by atoms with Crippen LogP contribution in [0.25, 0.3) is 0 Å². The van der Waals surface area contributed by atoms with Crippen molar-refractivity contribution in [3.63, 3.8) is 0 Å². The van der Waals surface area contributed by atoms with Gasteiger partial charge in [0.2, 0.25) is 0 Å². The predicted octanol–water partition coefficient (Wildman–Crippen LogP) is 1.38. The molecule has 0 aliphatic rings. The molecule has 6 heteroatoms. The number of hydrogen-bond donors (Lipinski definition) is 2. The number of ether oxygens (including phenoxy) is 1. The summed E-state index contributed by atoms with van der Waals surface area (Å²) in [7, 11) is 1.55. The van der Waals surface area contributed by atoms with Crippen LogP contribution in [0.1, 0.15) is 27.4 Å². The second kappa shape index (κ2) is 5.56. The number of H-pyrrole nitrogens is 1. The number of hydrogen-bond acceptors (Lipinski definition) is 4. The Balaban J connectivity index is 2.42. The quantitative estimate of drug-likeness (QED) is 0.878. The molecule has 20 heavy (non-hydrogen) atoms. The van der Waals surface area contributed by atoms with E-state index in [4.69, 9.17) is 9.84 Å². The summed E-state index contributed by atoms with van der Waals surface area (Å²) in [5.41, 5.74) is 1.12. The molecule has 6 nitrogen and oxygen atoms in total. The summed E-state index contributed by atoms with van der Waals surface area (Å²) in [4.78, 5) is 28.8. The number of aryl methyl sites for hydroxylation is 1. The second-order valence-electron chi connectivity index (χ2n) is 4.37. The highest BCUT2D eigenvalue weighted by Crippen LogP contribution is 2.21. The zero-order valence-electron chi connectivity index (χ0n) is 11.1. The van der Waals surface area contributed by atoms with Crippen LogP contribution in [-0.4, -0.2) is 28.2 Å². The van der Waals surface area contributed by atoms with E-state index in [1.165, 1.54) is 0 Å². The molecule has 104 valence electrons. The topological polar surface area (TPSA) is 92.3 Å². The van der Waals surface area contributed by atoms with E-state index in [0.717, 1.165) is 17.2 Å². The highest BCUT2D eigenvalue weighted by Gasteiger charge is 2.11. The maximum atomic E-state index is 11.4. The molecule has 2 N–H and O–H groups in total. The Labute approximate surface area is 115 Å². The maximum Gasteiger partial charge on any atom is 0.354 e. The first kappa shape index (κ1) is 13.8. The third-order valence-electron chi connectivity index (χ3n) is 2.80. The fourth-order valence-electron chi connectivity index (χ4n) is 1.93. The highest BCUT2D eigenvalue weighted by molar-refractivity contribution is 5.85. The summed E-state index contributed by atoms with van der Waals surface area (Å²) in [6.45, 7) is 1.94. The molecule has 0 aliphatic carbocycles. The Hall–Kier alpha value is -2.63. The number of methoxy groups -OCH3 is 1. The molecule has 1 heterocycles. The molecule has 0 saturated heterocycles. The normalized spacial score (nSPS) is 10.3. The summed E-state index contributed by atoms with van der Waals surface area (Å²) >= 11 is 0. The number of nitrogens with zero attached hydrogens (tertiary/aromatic N) is 1. The molecule has 2 aromatic rings. The van der Waals surface area contributed by atoms with E-state index >= 15 is 0 Å². The minimum absolute atomic E-state index is 0.268. The van der Waals surface area contributed by atoms with Crippen LogP contribution in [0.2, 0.25) is 0 Å². The van der Waals surface area contributed by atoms with Crippen molar-refractivity contribution in [3.05, 3.63) is 57.3 Å². The summed E-state index contributed by atoms with van der Waals surface area (Å²) in [5, 5.41) is 8.90. The van der Waals surface area contributed by atoms with Crippen molar-refractivity contribution in [1.29, 1.82) is 0 Å². The Bertz CT molecular complexity index is 707. The van der Waals surface area contributed by atoms with Gasteiger partial charge in [-0.15, -0.1) is 0 Å². The van der Waals surface area contributed by atoms with Gasteiger partial charge in [0.1, 0.15) is 11.6 Å². The van der Waals surface area contributed by atoms with E-state index in [1.807, 2.05) is 25.1 Å². The van der Waals surface area contributed by atoms with Gasteiger partial charge in [-0.25, -0.2) is 9.78 Å². The van der Waals surface area contributed by atoms with Crippen LogP contribution in [0.3, 0.4) is 0 Å². The molecule has 0 radical (unpaired) electrons. The van der Waals surface area contributed by atoms with Gasteiger partial charge in [0.15, 0.2) is 5.69 Å². The Kier molecular flexibility index (Phi) is 3.84. The highest BCUT2D eigenvalue weighted by atomic mass is 16.5. The first-order valence-electron chi connectivity index (χ1n) is 5.96. The lowest BCUT2D eigenvalue weighted by Crippen LogP contribution is -2.16. The first-order valence-corrected chi connectivity index (χ1v) is 5.96. The van der Waals surface area contributed by atoms with Crippen molar-refractivity contribution in [2.45, 2.75) is 13.3 Å². The van der Waals surface area contributed by atoms with Gasteiger partial charge >= 0.3 is 5.97 Å². The van der Waals surface area contributed by atoms with Crippen molar-refractivity contribution in [1.82, 2.24) is 9.97 Å². The van der Waals surface area contributed by atoms with Gasteiger partial charge in [-0.05, 0) is 13.0 Å². The van der Waals surface area contributed by atoms with Crippen molar-refractivity contribution in [3.8, 4) is 5.75 Å². The lowest BCUT2D eigenvalue weighted by Gasteiger charge is -2.09.